The molecular weight excluding hydrogens is 449 g/mol. The maximum atomic E-state index is 13.0. The number of hydrogen-bond donors (Lipinski definition) is 2. The number of carbonyl (C=O) groups excluding carboxylic acids is 2. The van der Waals surface area contributed by atoms with Gasteiger partial charge in [-0.2, -0.15) is 5.10 Å². The Bertz CT molecular complexity index is 1190. The molecule has 0 spiro atoms. The van der Waals surface area contributed by atoms with E-state index in [0.29, 0.717) is 22.7 Å². The molecule has 8 heteroatoms. The van der Waals surface area contributed by atoms with E-state index in [4.69, 9.17) is 9.47 Å². The zero-order valence-corrected chi connectivity index (χ0v) is 19.9. The summed E-state index contributed by atoms with van der Waals surface area (Å²) in [6, 6.07) is 16.9. The van der Waals surface area contributed by atoms with Crippen LogP contribution in [0, 0.1) is 5.82 Å². The van der Waals surface area contributed by atoms with E-state index < -0.39 is 11.8 Å². The van der Waals surface area contributed by atoms with Gasteiger partial charge in [0.1, 0.15) is 12.4 Å². The first-order chi connectivity index (χ1) is 16.9. The molecule has 2 amide bonds. The summed E-state index contributed by atoms with van der Waals surface area (Å²) in [5.41, 5.74) is 6.28. The number of amides is 2. The van der Waals surface area contributed by atoms with Crippen LogP contribution in [0.15, 0.2) is 65.8 Å². The van der Waals surface area contributed by atoms with Crippen molar-refractivity contribution in [3.63, 3.8) is 0 Å². The normalized spacial score (nSPS) is 10.7. The number of hydrogen-bond acceptors (Lipinski definition) is 5. The highest BCUT2D eigenvalue weighted by atomic mass is 19.1. The minimum atomic E-state index is -0.875. The van der Waals surface area contributed by atoms with Gasteiger partial charge in [-0.25, -0.2) is 9.82 Å². The maximum Gasteiger partial charge on any atom is 0.329 e. The number of nitrogens with zero attached hydrogens (tertiary/aromatic N) is 1. The van der Waals surface area contributed by atoms with Gasteiger partial charge in [0.15, 0.2) is 11.5 Å². The fraction of sp³-hybridized carbons (Fsp3) is 0.222. The van der Waals surface area contributed by atoms with Gasteiger partial charge in [0.2, 0.25) is 0 Å². The predicted octanol–water partition coefficient (Wildman–Crippen LogP) is 4.63. The number of hydrazone groups is 1. The first-order valence-corrected chi connectivity index (χ1v) is 11.3. The molecule has 0 unspecified atom stereocenters. The Labute approximate surface area is 204 Å². The van der Waals surface area contributed by atoms with Gasteiger partial charge < -0.3 is 14.8 Å². The molecule has 0 aliphatic heterocycles. The van der Waals surface area contributed by atoms with Gasteiger partial charge in [-0.15, -0.1) is 0 Å². The predicted molar refractivity (Wildman–Crippen MR) is 133 cm³/mol. The molecule has 0 heterocycles. The van der Waals surface area contributed by atoms with E-state index in [9.17, 15) is 14.0 Å². The fourth-order valence-electron chi connectivity index (χ4n) is 3.42. The van der Waals surface area contributed by atoms with Gasteiger partial charge in [0.25, 0.3) is 0 Å². The number of ether oxygens (including phenoxy) is 2. The lowest BCUT2D eigenvalue weighted by molar-refractivity contribution is -0.136. The monoisotopic (exact) mass is 477 g/mol. The number of para-hydroxylation sites is 1. The number of carbonyl (C=O) groups is 2. The Morgan fingerprint density at radius 2 is 1.63 bits per heavy atom. The number of aryl methyl sites for hydroxylation is 2. The number of anilines is 1. The molecule has 0 saturated heterocycles. The van der Waals surface area contributed by atoms with Crippen molar-refractivity contribution in [3.8, 4) is 11.5 Å². The highest BCUT2D eigenvalue weighted by Gasteiger charge is 2.16. The van der Waals surface area contributed by atoms with Crippen molar-refractivity contribution in [2.24, 2.45) is 5.10 Å². The second-order valence-corrected chi connectivity index (χ2v) is 7.64. The first-order valence-electron chi connectivity index (χ1n) is 11.3. The van der Waals surface area contributed by atoms with Crippen LogP contribution in [-0.2, 0) is 29.0 Å². The number of nitrogens with one attached hydrogen (secondary N) is 2. The third kappa shape index (κ3) is 6.89. The Kier molecular flexibility index (Phi) is 8.95. The summed E-state index contributed by atoms with van der Waals surface area (Å²) in [5.74, 6) is -1.02. The molecule has 0 aliphatic rings. The lowest BCUT2D eigenvalue weighted by atomic mass is 10.0. The van der Waals surface area contributed by atoms with Crippen molar-refractivity contribution in [1.82, 2.24) is 5.43 Å². The topological polar surface area (TPSA) is 89.0 Å². The lowest BCUT2D eigenvalue weighted by Gasteiger charge is -2.13. The van der Waals surface area contributed by atoms with E-state index in [1.807, 2.05) is 32.0 Å². The third-order valence-electron chi connectivity index (χ3n) is 5.32. The summed E-state index contributed by atoms with van der Waals surface area (Å²) in [6.45, 7) is 4.22. The molecule has 0 aliphatic carbocycles. The van der Waals surface area contributed by atoms with E-state index in [1.54, 1.807) is 30.3 Å². The van der Waals surface area contributed by atoms with Crippen LogP contribution in [0.1, 0.15) is 36.1 Å². The highest BCUT2D eigenvalue weighted by molar-refractivity contribution is 6.39. The molecule has 35 heavy (non-hydrogen) atoms. The van der Waals surface area contributed by atoms with Crippen molar-refractivity contribution >= 4 is 23.7 Å². The van der Waals surface area contributed by atoms with Gasteiger partial charge in [0.05, 0.1) is 13.3 Å². The lowest BCUT2D eigenvalue weighted by Crippen LogP contribution is -2.33. The van der Waals surface area contributed by atoms with Gasteiger partial charge in [-0.3, -0.25) is 9.59 Å². The summed E-state index contributed by atoms with van der Waals surface area (Å²) in [6.07, 6.45) is 2.86. The molecule has 0 aromatic heterocycles. The van der Waals surface area contributed by atoms with Crippen LogP contribution in [0.3, 0.4) is 0 Å². The molecule has 3 aromatic rings. The zero-order chi connectivity index (χ0) is 25.2. The van der Waals surface area contributed by atoms with E-state index in [0.717, 1.165) is 29.5 Å². The molecule has 3 aromatic carbocycles. The Morgan fingerprint density at radius 3 is 2.26 bits per heavy atom. The standard InChI is InChI=1S/C27H28FN3O4/c1-4-20-7-6-8-21(5-2)25(20)30-26(32)27(33)31-29-16-19-11-14-23(24(15-19)34-3)35-17-18-9-12-22(28)13-10-18/h6-16H,4-5,17H2,1-3H3,(H,30,32)(H,31,33)/b29-16-. The van der Waals surface area contributed by atoms with Crippen LogP contribution in [0.4, 0.5) is 10.1 Å². The zero-order valence-electron chi connectivity index (χ0n) is 19.9. The van der Waals surface area contributed by atoms with Crippen LogP contribution in [0.5, 0.6) is 11.5 Å². The van der Waals surface area contributed by atoms with E-state index in [1.165, 1.54) is 25.5 Å². The summed E-state index contributed by atoms with van der Waals surface area (Å²) in [4.78, 5) is 24.6. The SMILES string of the molecule is CCc1cccc(CC)c1NC(=O)C(=O)N/N=C\c1ccc(OCc2ccc(F)cc2)c(OC)c1. The molecule has 0 fully saturated rings. The second kappa shape index (κ2) is 12.3. The smallest absolute Gasteiger partial charge is 0.329 e. The van der Waals surface area contributed by atoms with Crippen molar-refractivity contribution in [3.05, 3.63) is 88.7 Å². The van der Waals surface area contributed by atoms with Crippen LogP contribution < -0.4 is 20.2 Å². The molecule has 0 bridgehead atoms. The molecule has 3 rings (SSSR count). The van der Waals surface area contributed by atoms with Gasteiger partial charge in [-0.05, 0) is 65.4 Å². The van der Waals surface area contributed by atoms with Crippen LogP contribution in [0.25, 0.3) is 0 Å². The summed E-state index contributed by atoms with van der Waals surface area (Å²) < 4.78 is 24.2. The summed E-state index contributed by atoms with van der Waals surface area (Å²) >= 11 is 0. The van der Waals surface area contributed by atoms with Gasteiger partial charge in [-0.1, -0.05) is 44.2 Å². The van der Waals surface area contributed by atoms with Gasteiger partial charge >= 0.3 is 11.8 Å². The fourth-order valence-corrected chi connectivity index (χ4v) is 3.42. The first kappa shape index (κ1) is 25.4. The molecular formula is C27H28FN3O4. The second-order valence-electron chi connectivity index (χ2n) is 7.64. The highest BCUT2D eigenvalue weighted by Crippen LogP contribution is 2.28. The summed E-state index contributed by atoms with van der Waals surface area (Å²) in [7, 11) is 1.51. The van der Waals surface area contributed by atoms with Crippen molar-refractivity contribution in [2.45, 2.75) is 33.3 Å². The number of methoxy groups -OCH3 is 1. The Morgan fingerprint density at radius 1 is 0.943 bits per heavy atom. The average Bonchev–Trinajstić information content (AvgIpc) is 2.88. The number of halogens is 1. The Balaban J connectivity index is 1.60. The molecule has 7 nitrogen and oxygen atoms in total. The molecule has 0 atom stereocenters. The largest absolute Gasteiger partial charge is 0.493 e. The quantitative estimate of drug-likeness (QED) is 0.267. The van der Waals surface area contributed by atoms with Crippen molar-refractivity contribution < 1.29 is 23.5 Å². The number of rotatable bonds is 9. The summed E-state index contributed by atoms with van der Waals surface area (Å²) in [5, 5.41) is 6.58. The minimum Gasteiger partial charge on any atom is -0.493 e. The number of benzene rings is 3. The molecule has 2 N–H and O–H groups in total. The molecule has 0 saturated carbocycles. The third-order valence-corrected chi connectivity index (χ3v) is 5.32. The van der Waals surface area contributed by atoms with E-state index in [2.05, 4.69) is 15.8 Å². The molecule has 182 valence electrons. The van der Waals surface area contributed by atoms with E-state index in [-0.39, 0.29) is 12.4 Å². The van der Waals surface area contributed by atoms with E-state index >= 15 is 0 Å². The Hall–Kier alpha value is -4.20. The minimum absolute atomic E-state index is 0.246. The van der Waals surface area contributed by atoms with Crippen LogP contribution in [-0.4, -0.2) is 25.1 Å². The van der Waals surface area contributed by atoms with Crippen LogP contribution in [0.2, 0.25) is 0 Å². The van der Waals surface area contributed by atoms with Gasteiger partial charge in [0, 0.05) is 5.69 Å². The average molecular weight is 478 g/mol. The van der Waals surface area contributed by atoms with Crippen molar-refractivity contribution in [1.29, 1.82) is 0 Å². The van der Waals surface area contributed by atoms with Crippen LogP contribution >= 0.6 is 0 Å². The maximum absolute atomic E-state index is 13.0. The molecule has 0 radical (unpaired) electrons. The van der Waals surface area contributed by atoms with Crippen molar-refractivity contribution in [2.75, 3.05) is 12.4 Å².